The minimum Gasteiger partial charge on any atom is -0.367 e. The van der Waals surface area contributed by atoms with E-state index in [4.69, 9.17) is 4.74 Å². The summed E-state index contributed by atoms with van der Waals surface area (Å²) in [7, 11) is 0. The molecule has 0 radical (unpaired) electrons. The van der Waals surface area contributed by atoms with Crippen molar-refractivity contribution in [3.63, 3.8) is 0 Å². The number of Topliss-reactive ketones (excluding diaryl/α,β-unsaturated/α-hetero) is 1. The molecule has 0 spiro atoms. The average molecular weight is 237 g/mol. The lowest BCUT2D eigenvalue weighted by molar-refractivity contribution is -0.0164. The van der Waals surface area contributed by atoms with Crippen molar-refractivity contribution in [2.45, 2.75) is 38.2 Å². The molecule has 0 saturated heterocycles. The summed E-state index contributed by atoms with van der Waals surface area (Å²) in [5, 5.41) is 0. The van der Waals surface area contributed by atoms with Gasteiger partial charge in [-0.2, -0.15) is 0 Å². The number of hydrogen-bond acceptors (Lipinski definition) is 3. The number of carbonyl (C=O) groups is 1. The van der Waals surface area contributed by atoms with Crippen molar-refractivity contribution in [2.75, 3.05) is 6.61 Å². The summed E-state index contributed by atoms with van der Waals surface area (Å²) < 4.78 is 18.7. The van der Waals surface area contributed by atoms with E-state index in [0.29, 0.717) is 12.2 Å². The minimum atomic E-state index is -0.746. The molecular weight excluding hydrogens is 221 g/mol. The first-order chi connectivity index (χ1) is 8.18. The van der Waals surface area contributed by atoms with E-state index < -0.39 is 11.4 Å². The van der Waals surface area contributed by atoms with Gasteiger partial charge in [-0.05, 0) is 38.7 Å². The SMILES string of the molecule is CCOC1(C(=O)c2cncc(F)c2)CCCC1. The zero-order valence-corrected chi connectivity index (χ0v) is 9.91. The predicted octanol–water partition coefficient (Wildman–Crippen LogP) is 2.75. The second-order valence-electron chi connectivity index (χ2n) is 4.36. The van der Waals surface area contributed by atoms with Gasteiger partial charge in [-0.3, -0.25) is 9.78 Å². The van der Waals surface area contributed by atoms with Gasteiger partial charge in [-0.15, -0.1) is 0 Å². The highest BCUT2D eigenvalue weighted by atomic mass is 19.1. The second kappa shape index (κ2) is 4.92. The van der Waals surface area contributed by atoms with Crippen LogP contribution in [-0.2, 0) is 4.74 Å². The van der Waals surface area contributed by atoms with Crippen LogP contribution in [0.5, 0.6) is 0 Å². The fourth-order valence-electron chi connectivity index (χ4n) is 2.46. The van der Waals surface area contributed by atoms with Crippen LogP contribution in [0.25, 0.3) is 0 Å². The van der Waals surface area contributed by atoms with Crippen LogP contribution in [0.2, 0.25) is 0 Å². The van der Waals surface area contributed by atoms with E-state index in [0.717, 1.165) is 31.9 Å². The zero-order chi connectivity index (χ0) is 12.3. The molecule has 1 aliphatic carbocycles. The summed E-state index contributed by atoms with van der Waals surface area (Å²) >= 11 is 0. The molecule has 3 nitrogen and oxygen atoms in total. The Hall–Kier alpha value is -1.29. The topological polar surface area (TPSA) is 39.2 Å². The average Bonchev–Trinajstić information content (AvgIpc) is 2.78. The molecule has 1 aromatic rings. The summed E-state index contributed by atoms with van der Waals surface area (Å²) in [5.41, 5.74) is -0.440. The molecule has 0 bridgehead atoms. The Kier molecular flexibility index (Phi) is 3.52. The molecule has 92 valence electrons. The highest BCUT2D eigenvalue weighted by Gasteiger charge is 2.42. The second-order valence-corrected chi connectivity index (χ2v) is 4.36. The van der Waals surface area contributed by atoms with Crippen LogP contribution in [-0.4, -0.2) is 23.0 Å². The van der Waals surface area contributed by atoms with E-state index in [-0.39, 0.29) is 5.78 Å². The van der Waals surface area contributed by atoms with E-state index in [1.165, 1.54) is 12.3 Å². The van der Waals surface area contributed by atoms with Crippen LogP contribution in [0.15, 0.2) is 18.5 Å². The maximum atomic E-state index is 13.1. The van der Waals surface area contributed by atoms with E-state index in [1.807, 2.05) is 6.92 Å². The van der Waals surface area contributed by atoms with Crippen LogP contribution in [0.4, 0.5) is 4.39 Å². The van der Waals surface area contributed by atoms with E-state index in [1.54, 1.807) is 0 Å². The third kappa shape index (κ3) is 2.36. The molecule has 1 aromatic heterocycles. The van der Waals surface area contributed by atoms with E-state index in [9.17, 15) is 9.18 Å². The Balaban J connectivity index is 2.28. The molecular formula is C13H16FNO2. The van der Waals surface area contributed by atoms with Crippen LogP contribution in [0, 0.1) is 5.82 Å². The molecule has 1 saturated carbocycles. The Morgan fingerprint density at radius 2 is 2.18 bits per heavy atom. The van der Waals surface area contributed by atoms with Gasteiger partial charge in [0.15, 0.2) is 5.78 Å². The Morgan fingerprint density at radius 1 is 1.47 bits per heavy atom. The molecule has 1 aliphatic rings. The van der Waals surface area contributed by atoms with Gasteiger partial charge >= 0.3 is 0 Å². The smallest absolute Gasteiger partial charge is 0.196 e. The van der Waals surface area contributed by atoms with Gasteiger partial charge < -0.3 is 4.74 Å². The zero-order valence-electron chi connectivity index (χ0n) is 9.91. The quantitative estimate of drug-likeness (QED) is 0.756. The minimum absolute atomic E-state index is 0.135. The molecule has 0 N–H and O–H groups in total. The van der Waals surface area contributed by atoms with Crippen molar-refractivity contribution in [3.8, 4) is 0 Å². The molecule has 0 atom stereocenters. The molecule has 1 fully saturated rings. The third-order valence-corrected chi connectivity index (χ3v) is 3.21. The Morgan fingerprint density at radius 3 is 2.76 bits per heavy atom. The number of halogens is 1. The van der Waals surface area contributed by atoms with Gasteiger partial charge in [0.25, 0.3) is 0 Å². The van der Waals surface area contributed by atoms with Crippen molar-refractivity contribution in [2.24, 2.45) is 0 Å². The van der Waals surface area contributed by atoms with Crippen LogP contribution >= 0.6 is 0 Å². The molecule has 0 unspecified atom stereocenters. The summed E-state index contributed by atoms with van der Waals surface area (Å²) in [4.78, 5) is 16.1. The lowest BCUT2D eigenvalue weighted by Crippen LogP contribution is -2.39. The standard InChI is InChI=1S/C13H16FNO2/c1-2-17-13(5-3-4-6-13)12(16)10-7-11(14)9-15-8-10/h7-9H,2-6H2,1H3. The molecule has 17 heavy (non-hydrogen) atoms. The van der Waals surface area contributed by atoms with Crippen LogP contribution in [0.1, 0.15) is 43.0 Å². The molecule has 0 aromatic carbocycles. The summed E-state index contributed by atoms with van der Waals surface area (Å²) in [6, 6.07) is 1.23. The first kappa shape index (κ1) is 12.2. The highest BCUT2D eigenvalue weighted by Crippen LogP contribution is 2.36. The monoisotopic (exact) mass is 237 g/mol. The number of pyridine rings is 1. The largest absolute Gasteiger partial charge is 0.367 e. The van der Waals surface area contributed by atoms with E-state index >= 15 is 0 Å². The van der Waals surface area contributed by atoms with Crippen molar-refractivity contribution in [1.82, 2.24) is 4.98 Å². The third-order valence-electron chi connectivity index (χ3n) is 3.21. The number of ether oxygens (including phenoxy) is 1. The fraction of sp³-hybridized carbons (Fsp3) is 0.538. The Bertz CT molecular complexity index is 414. The molecule has 0 amide bonds. The van der Waals surface area contributed by atoms with Gasteiger partial charge in [0.2, 0.25) is 0 Å². The summed E-state index contributed by atoms with van der Waals surface area (Å²) in [5.74, 6) is -0.621. The number of nitrogens with zero attached hydrogens (tertiary/aromatic N) is 1. The molecule has 1 heterocycles. The first-order valence-corrected chi connectivity index (χ1v) is 5.97. The van der Waals surface area contributed by atoms with Gasteiger partial charge in [0, 0.05) is 18.4 Å². The number of rotatable bonds is 4. The lowest BCUT2D eigenvalue weighted by atomic mass is 9.91. The number of ketones is 1. The maximum absolute atomic E-state index is 13.1. The van der Waals surface area contributed by atoms with Gasteiger partial charge in [0.1, 0.15) is 11.4 Å². The van der Waals surface area contributed by atoms with Crippen molar-refractivity contribution in [3.05, 3.63) is 29.8 Å². The summed E-state index contributed by atoms with van der Waals surface area (Å²) in [6.07, 6.45) is 5.90. The molecule has 4 heteroatoms. The Labute approximate surface area is 100 Å². The van der Waals surface area contributed by atoms with Gasteiger partial charge in [-0.1, -0.05) is 0 Å². The number of hydrogen-bond donors (Lipinski definition) is 0. The number of carbonyl (C=O) groups excluding carboxylic acids is 1. The van der Waals surface area contributed by atoms with Gasteiger partial charge in [0.05, 0.1) is 6.20 Å². The van der Waals surface area contributed by atoms with E-state index in [2.05, 4.69) is 4.98 Å². The highest BCUT2D eigenvalue weighted by molar-refractivity contribution is 6.02. The number of aromatic nitrogens is 1. The van der Waals surface area contributed by atoms with Crippen molar-refractivity contribution < 1.29 is 13.9 Å². The van der Waals surface area contributed by atoms with Crippen molar-refractivity contribution in [1.29, 1.82) is 0 Å². The fourth-order valence-corrected chi connectivity index (χ4v) is 2.46. The predicted molar refractivity (Wildman–Crippen MR) is 61.4 cm³/mol. The molecule has 2 rings (SSSR count). The maximum Gasteiger partial charge on any atom is 0.196 e. The molecule has 0 aliphatic heterocycles. The van der Waals surface area contributed by atoms with Crippen molar-refractivity contribution >= 4 is 5.78 Å². The van der Waals surface area contributed by atoms with Crippen LogP contribution < -0.4 is 0 Å². The first-order valence-electron chi connectivity index (χ1n) is 5.97. The lowest BCUT2D eigenvalue weighted by Gasteiger charge is -2.27. The van der Waals surface area contributed by atoms with Crippen LogP contribution in [0.3, 0.4) is 0 Å². The summed E-state index contributed by atoms with van der Waals surface area (Å²) in [6.45, 7) is 2.37. The van der Waals surface area contributed by atoms with Gasteiger partial charge in [-0.25, -0.2) is 4.39 Å². The normalized spacial score (nSPS) is 18.2.